The molecule has 1 atom stereocenters. The molecule has 0 spiro atoms. The van der Waals surface area contributed by atoms with Crippen molar-refractivity contribution in [2.45, 2.75) is 32.7 Å². The number of benzene rings is 1. The van der Waals surface area contributed by atoms with Crippen molar-refractivity contribution >= 4 is 17.6 Å². The van der Waals surface area contributed by atoms with Gasteiger partial charge in [0.05, 0.1) is 17.6 Å². The third kappa shape index (κ3) is 4.07. The number of ether oxygens (including phenoxy) is 1. The summed E-state index contributed by atoms with van der Waals surface area (Å²) in [5, 5.41) is 7.53. The third-order valence-corrected chi connectivity index (χ3v) is 4.59. The number of likely N-dealkylation sites (tertiary alicyclic amines) is 1. The highest BCUT2D eigenvalue weighted by Gasteiger charge is 2.31. The topological polar surface area (TPSA) is 67.6 Å². The summed E-state index contributed by atoms with van der Waals surface area (Å²) >= 11 is 6.13. The van der Waals surface area contributed by atoms with Gasteiger partial charge in [-0.25, -0.2) is 4.79 Å². The second kappa shape index (κ2) is 7.78. The summed E-state index contributed by atoms with van der Waals surface area (Å²) < 4.78 is 10.8. The fourth-order valence-corrected chi connectivity index (χ4v) is 3.35. The number of carbonyl (C=O) groups excluding carboxylic acids is 1. The molecule has 0 unspecified atom stereocenters. The lowest BCUT2D eigenvalue weighted by atomic mass is 10.1. The Hall–Kier alpha value is -2.21. The summed E-state index contributed by atoms with van der Waals surface area (Å²) in [6, 6.07) is 7.36. The molecule has 1 aliphatic heterocycles. The van der Waals surface area contributed by atoms with Crippen LogP contribution in [0.15, 0.2) is 28.8 Å². The van der Waals surface area contributed by atoms with E-state index >= 15 is 0 Å². The summed E-state index contributed by atoms with van der Waals surface area (Å²) in [6.45, 7) is 5.27. The molecule has 1 N–H and O–H groups in total. The number of aryl methyl sites for hydroxylation is 2. The quantitative estimate of drug-likeness (QED) is 0.819. The van der Waals surface area contributed by atoms with E-state index in [-0.39, 0.29) is 12.1 Å². The predicted molar refractivity (Wildman–Crippen MR) is 95.0 cm³/mol. The molecule has 2 heterocycles. The normalized spacial score (nSPS) is 16.9. The number of nitrogens with one attached hydrogen (secondary N) is 1. The Labute approximate surface area is 152 Å². The minimum Gasteiger partial charge on any atom is -0.490 e. The molecular formula is C18H22ClN3O3. The van der Waals surface area contributed by atoms with Gasteiger partial charge < -0.3 is 19.5 Å². The van der Waals surface area contributed by atoms with Gasteiger partial charge in [-0.05, 0) is 38.3 Å². The number of urea groups is 1. The summed E-state index contributed by atoms with van der Waals surface area (Å²) in [4.78, 5) is 14.3. The lowest BCUT2D eigenvalue weighted by Crippen LogP contribution is -2.41. The van der Waals surface area contributed by atoms with Crippen LogP contribution in [0.3, 0.4) is 0 Å². The zero-order valence-electron chi connectivity index (χ0n) is 14.4. The Bertz CT molecular complexity index is 727. The van der Waals surface area contributed by atoms with Gasteiger partial charge in [0.2, 0.25) is 0 Å². The summed E-state index contributed by atoms with van der Waals surface area (Å²) in [5.41, 5.74) is 1.79. The molecule has 1 saturated heterocycles. The highest BCUT2D eigenvalue weighted by molar-refractivity contribution is 6.32. The number of hydrogen-bond acceptors (Lipinski definition) is 4. The van der Waals surface area contributed by atoms with Crippen molar-refractivity contribution in [3.8, 4) is 5.75 Å². The Kier molecular flexibility index (Phi) is 5.48. The van der Waals surface area contributed by atoms with Gasteiger partial charge in [0.15, 0.2) is 0 Å². The SMILES string of the molecule is Cc1cc([C@H]2CCCN2C(=O)NCCOc2c(C)cccc2Cl)no1. The van der Waals surface area contributed by atoms with Gasteiger partial charge in [-0.1, -0.05) is 28.9 Å². The molecule has 7 heteroatoms. The van der Waals surface area contributed by atoms with Crippen LogP contribution in [0.1, 0.15) is 35.9 Å². The van der Waals surface area contributed by atoms with Crippen LogP contribution in [0, 0.1) is 13.8 Å². The van der Waals surface area contributed by atoms with Crippen LogP contribution < -0.4 is 10.1 Å². The van der Waals surface area contributed by atoms with Gasteiger partial charge in [0.25, 0.3) is 0 Å². The largest absolute Gasteiger partial charge is 0.490 e. The zero-order valence-corrected chi connectivity index (χ0v) is 15.2. The van der Waals surface area contributed by atoms with Crippen LogP contribution in [-0.2, 0) is 0 Å². The third-order valence-electron chi connectivity index (χ3n) is 4.29. The highest BCUT2D eigenvalue weighted by Crippen LogP contribution is 2.31. The average molecular weight is 364 g/mol. The molecule has 6 nitrogen and oxygen atoms in total. The molecule has 0 radical (unpaired) electrons. The van der Waals surface area contributed by atoms with Crippen LogP contribution in [0.5, 0.6) is 5.75 Å². The first kappa shape index (κ1) is 17.6. The number of amides is 2. The van der Waals surface area contributed by atoms with E-state index < -0.39 is 0 Å². The van der Waals surface area contributed by atoms with E-state index in [1.165, 1.54) is 0 Å². The molecular weight excluding hydrogens is 342 g/mol. The maximum atomic E-state index is 12.5. The molecule has 0 aliphatic carbocycles. The fourth-order valence-electron chi connectivity index (χ4n) is 3.07. The molecule has 0 saturated carbocycles. The van der Waals surface area contributed by atoms with E-state index in [0.29, 0.717) is 30.5 Å². The molecule has 3 rings (SSSR count). The van der Waals surface area contributed by atoms with Gasteiger partial charge in [-0.2, -0.15) is 0 Å². The lowest BCUT2D eigenvalue weighted by Gasteiger charge is -2.23. The van der Waals surface area contributed by atoms with Crippen molar-refractivity contribution in [1.29, 1.82) is 0 Å². The van der Waals surface area contributed by atoms with Gasteiger partial charge >= 0.3 is 6.03 Å². The van der Waals surface area contributed by atoms with E-state index in [1.54, 1.807) is 11.0 Å². The number of carbonyl (C=O) groups is 1. The van der Waals surface area contributed by atoms with E-state index in [4.69, 9.17) is 20.9 Å². The number of halogens is 1. The fraction of sp³-hybridized carbons (Fsp3) is 0.444. The van der Waals surface area contributed by atoms with E-state index in [0.717, 1.165) is 29.9 Å². The summed E-state index contributed by atoms with van der Waals surface area (Å²) in [6.07, 6.45) is 1.86. The van der Waals surface area contributed by atoms with Gasteiger partial charge in [-0.3, -0.25) is 0 Å². The molecule has 134 valence electrons. The molecule has 1 aliphatic rings. The molecule has 1 aromatic heterocycles. The molecule has 25 heavy (non-hydrogen) atoms. The smallest absolute Gasteiger partial charge is 0.318 e. The molecule has 1 fully saturated rings. The van der Waals surface area contributed by atoms with E-state index in [2.05, 4.69) is 10.5 Å². The minimum absolute atomic E-state index is 0.0239. The van der Waals surface area contributed by atoms with Crippen LogP contribution in [0.2, 0.25) is 5.02 Å². The monoisotopic (exact) mass is 363 g/mol. The number of para-hydroxylation sites is 1. The number of hydrogen-bond donors (Lipinski definition) is 1. The molecule has 2 aromatic rings. The molecule has 2 amide bonds. The van der Waals surface area contributed by atoms with Crippen LogP contribution in [-0.4, -0.2) is 35.8 Å². The Morgan fingerprint density at radius 1 is 1.48 bits per heavy atom. The number of rotatable bonds is 5. The second-order valence-corrected chi connectivity index (χ2v) is 6.59. The average Bonchev–Trinajstić information content (AvgIpc) is 3.22. The Balaban J connectivity index is 1.50. The van der Waals surface area contributed by atoms with Crippen LogP contribution in [0.4, 0.5) is 4.79 Å². The summed E-state index contributed by atoms with van der Waals surface area (Å²) in [5.74, 6) is 1.42. The van der Waals surface area contributed by atoms with Crippen molar-refractivity contribution in [3.05, 3.63) is 46.3 Å². The first-order valence-corrected chi connectivity index (χ1v) is 8.79. The van der Waals surface area contributed by atoms with E-state index in [1.807, 2.05) is 32.0 Å². The first-order chi connectivity index (χ1) is 12.1. The molecule has 1 aromatic carbocycles. The van der Waals surface area contributed by atoms with Gasteiger partial charge in [-0.15, -0.1) is 0 Å². The molecule has 0 bridgehead atoms. The van der Waals surface area contributed by atoms with Crippen molar-refractivity contribution in [3.63, 3.8) is 0 Å². The number of aromatic nitrogens is 1. The Morgan fingerprint density at radius 2 is 2.32 bits per heavy atom. The standard InChI is InChI=1S/C18H22ClN3O3/c1-12-5-3-6-14(19)17(12)24-10-8-20-18(23)22-9-4-7-16(22)15-11-13(2)25-21-15/h3,5-6,11,16H,4,7-10H2,1-2H3,(H,20,23)/t16-/m1/s1. The van der Waals surface area contributed by atoms with Crippen molar-refractivity contribution < 1.29 is 14.1 Å². The lowest BCUT2D eigenvalue weighted by molar-refractivity contribution is 0.188. The van der Waals surface area contributed by atoms with Crippen molar-refractivity contribution in [2.75, 3.05) is 19.7 Å². The first-order valence-electron chi connectivity index (χ1n) is 8.42. The summed E-state index contributed by atoms with van der Waals surface area (Å²) in [7, 11) is 0. The number of nitrogens with zero attached hydrogens (tertiary/aromatic N) is 2. The predicted octanol–water partition coefficient (Wildman–Crippen LogP) is 3.87. The Morgan fingerprint density at radius 3 is 3.04 bits per heavy atom. The van der Waals surface area contributed by atoms with Crippen molar-refractivity contribution in [1.82, 2.24) is 15.4 Å². The van der Waals surface area contributed by atoms with Crippen molar-refractivity contribution in [2.24, 2.45) is 0 Å². The van der Waals surface area contributed by atoms with Gasteiger partial charge in [0, 0.05) is 12.6 Å². The zero-order chi connectivity index (χ0) is 17.8. The highest BCUT2D eigenvalue weighted by atomic mass is 35.5. The van der Waals surface area contributed by atoms with E-state index in [9.17, 15) is 4.79 Å². The maximum absolute atomic E-state index is 12.5. The maximum Gasteiger partial charge on any atom is 0.318 e. The van der Waals surface area contributed by atoms with Crippen LogP contribution >= 0.6 is 11.6 Å². The van der Waals surface area contributed by atoms with Gasteiger partial charge in [0.1, 0.15) is 23.8 Å². The minimum atomic E-state index is -0.109. The van der Waals surface area contributed by atoms with Crippen LogP contribution in [0.25, 0.3) is 0 Å². The second-order valence-electron chi connectivity index (χ2n) is 6.18.